The number of carboxylic acid groups (broad SMARTS) is 1. The van der Waals surface area contributed by atoms with E-state index in [-0.39, 0.29) is 6.54 Å². The molecule has 1 heterocycles. The lowest BCUT2D eigenvalue weighted by Gasteiger charge is -2.20. The molecular weight excluding hydrogens is 298 g/mol. The summed E-state index contributed by atoms with van der Waals surface area (Å²) in [6, 6.07) is 5.62. The van der Waals surface area contributed by atoms with E-state index in [1.807, 2.05) is 18.2 Å². The molecule has 1 aromatic heterocycles. The third kappa shape index (κ3) is 2.38. The first-order valence-corrected chi connectivity index (χ1v) is 6.05. The molecule has 0 aliphatic carbocycles. The van der Waals surface area contributed by atoms with E-state index in [0.29, 0.717) is 11.4 Å². The van der Waals surface area contributed by atoms with E-state index in [0.717, 1.165) is 15.4 Å². The molecule has 0 bridgehead atoms. The molecule has 0 aliphatic rings. The Morgan fingerprint density at radius 3 is 2.94 bits per heavy atom. The van der Waals surface area contributed by atoms with Gasteiger partial charge in [-0.05, 0) is 18.2 Å². The van der Waals surface area contributed by atoms with Gasteiger partial charge in [0.05, 0.1) is 23.1 Å². The number of aromatic nitrogens is 1. The maximum Gasteiger partial charge on any atom is 0.323 e. The van der Waals surface area contributed by atoms with E-state index in [4.69, 9.17) is 10.8 Å². The van der Waals surface area contributed by atoms with Crippen molar-refractivity contribution in [2.75, 3.05) is 24.2 Å². The van der Waals surface area contributed by atoms with Gasteiger partial charge in [0.15, 0.2) is 0 Å². The Bertz CT molecular complexity index is 610. The highest BCUT2D eigenvalue weighted by Gasteiger charge is 2.13. The second kappa shape index (κ2) is 4.81. The number of rotatable bonds is 3. The van der Waals surface area contributed by atoms with Gasteiger partial charge in [0, 0.05) is 16.9 Å². The number of carbonyl (C=O) groups is 1. The van der Waals surface area contributed by atoms with Gasteiger partial charge in [-0.25, -0.2) is 0 Å². The maximum atomic E-state index is 10.8. The molecule has 0 saturated carbocycles. The minimum absolute atomic E-state index is 0.115. The van der Waals surface area contributed by atoms with Gasteiger partial charge >= 0.3 is 5.97 Å². The number of anilines is 2. The van der Waals surface area contributed by atoms with Crippen LogP contribution in [-0.4, -0.2) is 29.7 Å². The number of halogens is 1. The Morgan fingerprint density at radius 2 is 2.28 bits per heavy atom. The quantitative estimate of drug-likeness (QED) is 0.907. The van der Waals surface area contributed by atoms with Gasteiger partial charge in [0.2, 0.25) is 0 Å². The lowest BCUT2D eigenvalue weighted by Crippen LogP contribution is -2.26. The fourth-order valence-corrected chi connectivity index (χ4v) is 2.24. The maximum absolute atomic E-state index is 10.8. The Balaban J connectivity index is 2.63. The zero-order valence-electron chi connectivity index (χ0n) is 9.72. The Kier molecular flexibility index (Phi) is 3.38. The lowest BCUT2D eigenvalue weighted by molar-refractivity contribution is -0.135. The molecule has 5 nitrogen and oxygen atoms in total. The largest absolute Gasteiger partial charge is 0.480 e. The van der Waals surface area contributed by atoms with E-state index in [2.05, 4.69) is 20.9 Å². The highest BCUT2D eigenvalue weighted by molar-refractivity contribution is 9.10. The second-order valence-electron chi connectivity index (χ2n) is 3.97. The highest BCUT2D eigenvalue weighted by atomic mass is 79.9. The molecule has 0 saturated heterocycles. The number of nitrogen functional groups attached to an aromatic ring is 1. The molecule has 18 heavy (non-hydrogen) atoms. The van der Waals surface area contributed by atoms with Gasteiger partial charge in [-0.15, -0.1) is 0 Å². The average molecular weight is 310 g/mol. The van der Waals surface area contributed by atoms with Crippen molar-refractivity contribution in [3.63, 3.8) is 0 Å². The monoisotopic (exact) mass is 309 g/mol. The summed E-state index contributed by atoms with van der Waals surface area (Å²) >= 11 is 3.39. The van der Waals surface area contributed by atoms with Crippen molar-refractivity contribution in [3.05, 3.63) is 28.9 Å². The minimum atomic E-state index is -0.906. The summed E-state index contributed by atoms with van der Waals surface area (Å²) in [7, 11) is 1.69. The number of benzene rings is 1. The van der Waals surface area contributed by atoms with Crippen LogP contribution in [0.2, 0.25) is 0 Å². The summed E-state index contributed by atoms with van der Waals surface area (Å²) in [5.41, 5.74) is 7.82. The summed E-state index contributed by atoms with van der Waals surface area (Å²) in [6.45, 7) is -0.115. The van der Waals surface area contributed by atoms with E-state index in [1.54, 1.807) is 18.1 Å². The number of pyridine rings is 1. The van der Waals surface area contributed by atoms with Crippen LogP contribution in [0.4, 0.5) is 11.4 Å². The number of hydrogen-bond acceptors (Lipinski definition) is 4. The predicted octanol–water partition coefficient (Wildman–Crippen LogP) is 2.10. The molecule has 0 radical (unpaired) electrons. The van der Waals surface area contributed by atoms with Gasteiger partial charge in [0.25, 0.3) is 0 Å². The first kappa shape index (κ1) is 12.6. The van der Waals surface area contributed by atoms with Crippen molar-refractivity contribution < 1.29 is 9.90 Å². The highest BCUT2D eigenvalue weighted by Crippen LogP contribution is 2.32. The first-order chi connectivity index (χ1) is 8.49. The molecule has 3 N–H and O–H groups in total. The third-order valence-corrected chi connectivity index (χ3v) is 3.08. The van der Waals surface area contributed by atoms with Gasteiger partial charge in [-0.1, -0.05) is 15.9 Å². The fraction of sp³-hybridized carbons (Fsp3) is 0.167. The molecule has 2 rings (SSSR count). The number of likely N-dealkylation sites (N-methyl/N-ethyl adjacent to an activating group) is 1. The SMILES string of the molecule is CN(CC(=O)O)c1c(N)cnc2ccc(Br)cc12. The summed E-state index contributed by atoms with van der Waals surface area (Å²) < 4.78 is 0.896. The number of nitrogens with zero attached hydrogens (tertiary/aromatic N) is 2. The van der Waals surface area contributed by atoms with Crippen molar-refractivity contribution in [1.29, 1.82) is 0 Å². The van der Waals surface area contributed by atoms with Crippen LogP contribution in [0.5, 0.6) is 0 Å². The standard InChI is InChI=1S/C12H12BrN3O2/c1-16(6-11(17)18)12-8-4-7(13)2-3-10(8)15-5-9(12)14/h2-5H,6,14H2,1H3,(H,17,18). The summed E-state index contributed by atoms with van der Waals surface area (Å²) in [6.07, 6.45) is 1.55. The number of hydrogen-bond donors (Lipinski definition) is 2. The average Bonchev–Trinajstić information content (AvgIpc) is 2.27. The van der Waals surface area contributed by atoms with Crippen LogP contribution < -0.4 is 10.6 Å². The zero-order chi connectivity index (χ0) is 13.3. The van der Waals surface area contributed by atoms with Crippen LogP contribution in [0, 0.1) is 0 Å². The molecule has 94 valence electrons. The van der Waals surface area contributed by atoms with Crippen molar-refractivity contribution in [1.82, 2.24) is 4.98 Å². The lowest BCUT2D eigenvalue weighted by atomic mass is 10.1. The van der Waals surface area contributed by atoms with Gasteiger partial charge in [-0.3, -0.25) is 9.78 Å². The third-order valence-electron chi connectivity index (χ3n) is 2.58. The summed E-state index contributed by atoms with van der Waals surface area (Å²) in [4.78, 5) is 16.6. The number of fused-ring (bicyclic) bond motifs is 1. The number of aliphatic carboxylic acids is 1. The molecule has 0 fully saturated rings. The van der Waals surface area contributed by atoms with E-state index < -0.39 is 5.97 Å². The first-order valence-electron chi connectivity index (χ1n) is 5.25. The van der Waals surface area contributed by atoms with Gasteiger partial charge < -0.3 is 15.7 Å². The molecule has 0 atom stereocenters. The number of carboxylic acids is 1. The topological polar surface area (TPSA) is 79.5 Å². The molecular formula is C12H12BrN3O2. The molecule has 1 aromatic carbocycles. The number of nitrogens with two attached hydrogens (primary N) is 1. The van der Waals surface area contributed by atoms with E-state index >= 15 is 0 Å². The van der Waals surface area contributed by atoms with E-state index in [9.17, 15) is 4.79 Å². The summed E-state index contributed by atoms with van der Waals surface area (Å²) in [5.74, 6) is -0.906. The Labute approximate surface area is 112 Å². The normalized spacial score (nSPS) is 10.6. The molecule has 0 spiro atoms. The van der Waals surface area contributed by atoms with Crippen molar-refractivity contribution in [3.8, 4) is 0 Å². The Morgan fingerprint density at radius 1 is 1.56 bits per heavy atom. The fourth-order valence-electron chi connectivity index (χ4n) is 1.87. The zero-order valence-corrected chi connectivity index (χ0v) is 11.3. The van der Waals surface area contributed by atoms with E-state index in [1.165, 1.54) is 0 Å². The van der Waals surface area contributed by atoms with Crippen LogP contribution in [0.25, 0.3) is 10.9 Å². The van der Waals surface area contributed by atoms with Crippen LogP contribution in [-0.2, 0) is 4.79 Å². The van der Waals surface area contributed by atoms with Crippen LogP contribution in [0.15, 0.2) is 28.9 Å². The molecule has 0 unspecified atom stereocenters. The second-order valence-corrected chi connectivity index (χ2v) is 4.89. The predicted molar refractivity (Wildman–Crippen MR) is 74.8 cm³/mol. The summed E-state index contributed by atoms with van der Waals surface area (Å²) in [5, 5.41) is 9.68. The minimum Gasteiger partial charge on any atom is -0.480 e. The molecule has 0 aliphatic heterocycles. The van der Waals surface area contributed by atoms with Crippen LogP contribution in [0.3, 0.4) is 0 Å². The van der Waals surface area contributed by atoms with Crippen molar-refractivity contribution >= 4 is 44.2 Å². The van der Waals surface area contributed by atoms with Crippen LogP contribution in [0.1, 0.15) is 0 Å². The van der Waals surface area contributed by atoms with Crippen molar-refractivity contribution in [2.24, 2.45) is 0 Å². The smallest absolute Gasteiger partial charge is 0.323 e. The van der Waals surface area contributed by atoms with Crippen molar-refractivity contribution in [2.45, 2.75) is 0 Å². The molecule has 6 heteroatoms. The molecule has 2 aromatic rings. The van der Waals surface area contributed by atoms with Crippen LogP contribution >= 0.6 is 15.9 Å². The Hall–Kier alpha value is -1.82. The molecule has 0 amide bonds. The van der Waals surface area contributed by atoms with Gasteiger partial charge in [-0.2, -0.15) is 0 Å². The van der Waals surface area contributed by atoms with Gasteiger partial charge in [0.1, 0.15) is 6.54 Å².